The molecule has 1 aliphatic rings. The van der Waals surface area contributed by atoms with Gasteiger partial charge in [0, 0.05) is 31.4 Å². The summed E-state index contributed by atoms with van der Waals surface area (Å²) in [5, 5.41) is 3.41. The molecule has 2 rings (SSSR count). The summed E-state index contributed by atoms with van der Waals surface area (Å²) in [6, 6.07) is 2.28. The van der Waals surface area contributed by atoms with Crippen LogP contribution in [0.3, 0.4) is 0 Å². The molecule has 0 aliphatic carbocycles. The van der Waals surface area contributed by atoms with Gasteiger partial charge in [0.05, 0.1) is 6.61 Å². The summed E-state index contributed by atoms with van der Waals surface area (Å²) in [4.78, 5) is 11.1. The van der Waals surface area contributed by atoms with E-state index in [0.717, 1.165) is 38.9 Å². The quantitative estimate of drug-likeness (QED) is 0.853. The number of nitrogens with one attached hydrogen (secondary N) is 1. The third-order valence-electron chi connectivity index (χ3n) is 3.45. The molecule has 106 valence electrons. The third kappa shape index (κ3) is 4.35. The molecule has 0 amide bonds. The van der Waals surface area contributed by atoms with Crippen molar-refractivity contribution in [2.75, 3.05) is 31.6 Å². The Labute approximate surface area is 115 Å². The first kappa shape index (κ1) is 14.1. The van der Waals surface area contributed by atoms with Crippen molar-refractivity contribution in [3.63, 3.8) is 0 Å². The average Bonchev–Trinajstić information content (AvgIpc) is 2.46. The molecule has 1 saturated heterocycles. The van der Waals surface area contributed by atoms with Crippen LogP contribution in [0.15, 0.2) is 12.3 Å². The Morgan fingerprint density at radius 3 is 2.84 bits per heavy atom. The van der Waals surface area contributed by atoms with Gasteiger partial charge in [0.25, 0.3) is 0 Å². The van der Waals surface area contributed by atoms with Gasteiger partial charge < -0.3 is 15.0 Å². The molecule has 0 saturated carbocycles. The van der Waals surface area contributed by atoms with E-state index in [-0.39, 0.29) is 0 Å². The van der Waals surface area contributed by atoms with E-state index < -0.39 is 0 Å². The van der Waals surface area contributed by atoms with Crippen molar-refractivity contribution in [1.29, 1.82) is 0 Å². The van der Waals surface area contributed by atoms with Crippen LogP contribution in [0, 0.1) is 0 Å². The number of hydrogen-bond acceptors (Lipinski definition) is 5. The molecule has 1 aromatic heterocycles. The summed E-state index contributed by atoms with van der Waals surface area (Å²) >= 11 is 0. The van der Waals surface area contributed by atoms with Gasteiger partial charge in [0.1, 0.15) is 0 Å². The Balaban J connectivity index is 1.85. The average molecular weight is 264 g/mol. The first-order valence-corrected chi connectivity index (χ1v) is 7.26. The van der Waals surface area contributed by atoms with Crippen molar-refractivity contribution in [1.82, 2.24) is 14.9 Å². The lowest BCUT2D eigenvalue weighted by Gasteiger charge is -2.31. The molecular weight excluding hydrogens is 240 g/mol. The number of hydrogen-bond donors (Lipinski definition) is 1. The molecule has 1 N–H and O–H groups in total. The predicted molar refractivity (Wildman–Crippen MR) is 76.6 cm³/mol. The van der Waals surface area contributed by atoms with Gasteiger partial charge in [-0.2, -0.15) is 4.98 Å². The molecule has 5 nitrogen and oxygen atoms in total. The van der Waals surface area contributed by atoms with Crippen LogP contribution >= 0.6 is 0 Å². The van der Waals surface area contributed by atoms with Crippen LogP contribution in [0.4, 0.5) is 5.95 Å². The predicted octanol–water partition coefficient (Wildman–Crippen LogP) is 2.16. The Hall–Kier alpha value is -1.36. The zero-order chi connectivity index (χ0) is 13.5. The number of aromatic nitrogens is 2. The minimum absolute atomic E-state index is 0.476. The van der Waals surface area contributed by atoms with Gasteiger partial charge in [0.15, 0.2) is 0 Å². The van der Waals surface area contributed by atoms with E-state index in [1.165, 1.54) is 0 Å². The maximum absolute atomic E-state index is 5.52. The smallest absolute Gasteiger partial charge is 0.226 e. The van der Waals surface area contributed by atoms with E-state index in [4.69, 9.17) is 4.74 Å². The van der Waals surface area contributed by atoms with E-state index >= 15 is 0 Å². The second-order valence-corrected chi connectivity index (χ2v) is 4.92. The summed E-state index contributed by atoms with van der Waals surface area (Å²) in [6.45, 7) is 8.45. The number of rotatable bonds is 6. The fourth-order valence-electron chi connectivity index (χ4n) is 2.27. The monoisotopic (exact) mass is 264 g/mol. The van der Waals surface area contributed by atoms with E-state index in [0.29, 0.717) is 24.5 Å². The molecule has 5 heteroatoms. The van der Waals surface area contributed by atoms with Crippen molar-refractivity contribution in [3.05, 3.63) is 12.3 Å². The lowest BCUT2D eigenvalue weighted by molar-refractivity contribution is 0.229. The Morgan fingerprint density at radius 1 is 1.37 bits per heavy atom. The molecule has 1 fully saturated rings. The topological polar surface area (TPSA) is 50.3 Å². The van der Waals surface area contributed by atoms with Crippen LogP contribution in [0.5, 0.6) is 5.88 Å². The van der Waals surface area contributed by atoms with Gasteiger partial charge in [0.2, 0.25) is 11.8 Å². The maximum Gasteiger partial charge on any atom is 0.226 e. The maximum atomic E-state index is 5.52. The van der Waals surface area contributed by atoms with Crippen molar-refractivity contribution in [2.45, 2.75) is 39.2 Å². The van der Waals surface area contributed by atoms with Gasteiger partial charge in [-0.05, 0) is 25.8 Å². The highest BCUT2D eigenvalue weighted by Gasteiger charge is 2.18. The number of ether oxygens (including phenoxy) is 1. The van der Waals surface area contributed by atoms with Crippen molar-refractivity contribution in [2.24, 2.45) is 0 Å². The summed E-state index contributed by atoms with van der Waals surface area (Å²) in [7, 11) is 0. The molecule has 2 heterocycles. The molecule has 0 unspecified atom stereocenters. The van der Waals surface area contributed by atoms with Gasteiger partial charge >= 0.3 is 0 Å². The van der Waals surface area contributed by atoms with E-state index in [1.807, 2.05) is 0 Å². The zero-order valence-corrected chi connectivity index (χ0v) is 11.9. The minimum Gasteiger partial charge on any atom is -0.478 e. The molecule has 1 aromatic rings. The van der Waals surface area contributed by atoms with Gasteiger partial charge in [-0.1, -0.05) is 13.8 Å². The summed E-state index contributed by atoms with van der Waals surface area (Å²) in [6.07, 6.45) is 5.04. The number of anilines is 1. The number of likely N-dealkylation sites (tertiary alicyclic amines) is 1. The molecule has 0 bridgehead atoms. The first-order valence-electron chi connectivity index (χ1n) is 7.26. The Kier molecular flexibility index (Phi) is 5.39. The normalized spacial score (nSPS) is 17.4. The fourth-order valence-corrected chi connectivity index (χ4v) is 2.27. The van der Waals surface area contributed by atoms with Crippen LogP contribution in [0.1, 0.15) is 33.1 Å². The lowest BCUT2D eigenvalue weighted by atomic mass is 10.1. The molecule has 0 atom stereocenters. The van der Waals surface area contributed by atoms with Gasteiger partial charge in [-0.15, -0.1) is 0 Å². The van der Waals surface area contributed by atoms with Crippen LogP contribution < -0.4 is 10.1 Å². The van der Waals surface area contributed by atoms with Crippen LogP contribution in [-0.2, 0) is 0 Å². The molecule has 0 aromatic carbocycles. The molecular formula is C14H24N4O. The third-order valence-corrected chi connectivity index (χ3v) is 3.45. The highest BCUT2D eigenvalue weighted by atomic mass is 16.5. The fraction of sp³-hybridized carbons (Fsp3) is 0.714. The van der Waals surface area contributed by atoms with E-state index in [1.54, 1.807) is 12.3 Å². The minimum atomic E-state index is 0.476. The molecule has 0 spiro atoms. The number of piperidine rings is 1. The van der Waals surface area contributed by atoms with E-state index in [9.17, 15) is 0 Å². The summed E-state index contributed by atoms with van der Waals surface area (Å²) in [5.41, 5.74) is 0. The van der Waals surface area contributed by atoms with Gasteiger partial charge in [-0.3, -0.25) is 0 Å². The molecule has 19 heavy (non-hydrogen) atoms. The van der Waals surface area contributed by atoms with Gasteiger partial charge in [-0.25, -0.2) is 4.98 Å². The zero-order valence-electron chi connectivity index (χ0n) is 11.9. The molecule has 0 radical (unpaired) electrons. The summed E-state index contributed by atoms with van der Waals surface area (Å²) < 4.78 is 5.52. The van der Waals surface area contributed by atoms with Crippen molar-refractivity contribution in [3.8, 4) is 5.88 Å². The lowest BCUT2D eigenvalue weighted by Crippen LogP contribution is -2.39. The van der Waals surface area contributed by atoms with Crippen LogP contribution in [0.25, 0.3) is 0 Å². The highest BCUT2D eigenvalue weighted by Crippen LogP contribution is 2.15. The SMILES string of the molecule is CCCOc1ccnc(NC2CCN(CC)CC2)n1. The van der Waals surface area contributed by atoms with Crippen LogP contribution in [-0.4, -0.2) is 47.2 Å². The summed E-state index contributed by atoms with van der Waals surface area (Å²) in [5.74, 6) is 1.34. The molecule has 1 aliphatic heterocycles. The standard InChI is InChI=1S/C14H24N4O/c1-3-11-19-13-5-8-15-14(17-13)16-12-6-9-18(4-2)10-7-12/h5,8,12H,3-4,6-7,9-11H2,1-2H3,(H,15,16,17). The van der Waals surface area contributed by atoms with E-state index in [2.05, 4.69) is 34.0 Å². The Morgan fingerprint density at radius 2 is 2.16 bits per heavy atom. The van der Waals surface area contributed by atoms with Crippen LogP contribution in [0.2, 0.25) is 0 Å². The highest BCUT2D eigenvalue weighted by molar-refractivity contribution is 5.29. The second-order valence-electron chi connectivity index (χ2n) is 4.92. The first-order chi connectivity index (χ1) is 9.31. The Bertz CT molecular complexity index is 377. The van der Waals surface area contributed by atoms with Crippen molar-refractivity contribution < 1.29 is 4.74 Å². The second kappa shape index (κ2) is 7.28. The largest absolute Gasteiger partial charge is 0.478 e. The van der Waals surface area contributed by atoms with Crippen molar-refractivity contribution >= 4 is 5.95 Å². The number of nitrogens with zero attached hydrogens (tertiary/aromatic N) is 3.